The molecule has 0 atom stereocenters. The van der Waals surface area contributed by atoms with Gasteiger partial charge in [-0.05, 0) is 24.3 Å². The van der Waals surface area contributed by atoms with E-state index in [4.69, 9.17) is 0 Å². The molecule has 0 aliphatic rings. The van der Waals surface area contributed by atoms with E-state index in [1.54, 1.807) is 12.5 Å². The summed E-state index contributed by atoms with van der Waals surface area (Å²) in [5, 5.41) is 2.98. The number of alkyl halides is 3. The Bertz CT molecular complexity index is 680. The second-order valence-corrected chi connectivity index (χ2v) is 6.17. The lowest BCUT2D eigenvalue weighted by molar-refractivity contribution is -0.0436. The van der Waals surface area contributed by atoms with Gasteiger partial charge >= 0.3 is 5.51 Å². The van der Waals surface area contributed by atoms with Crippen molar-refractivity contribution in [3.05, 3.63) is 42.5 Å². The third-order valence-electron chi connectivity index (χ3n) is 2.75. The van der Waals surface area contributed by atoms with Gasteiger partial charge < -0.3 is 10.3 Å². The van der Waals surface area contributed by atoms with Crippen molar-refractivity contribution in [3.63, 3.8) is 0 Å². The van der Waals surface area contributed by atoms with Crippen molar-refractivity contribution in [2.45, 2.75) is 16.8 Å². The lowest BCUT2D eigenvalue weighted by atomic mass is 10.3. The first kappa shape index (κ1) is 15.4. The van der Waals surface area contributed by atoms with Gasteiger partial charge in [0, 0.05) is 30.5 Å². The average Bonchev–Trinajstić information content (AvgIpc) is 2.91. The van der Waals surface area contributed by atoms with E-state index in [9.17, 15) is 21.6 Å². The van der Waals surface area contributed by atoms with Crippen molar-refractivity contribution in [3.8, 4) is 0 Å². The van der Waals surface area contributed by atoms with Gasteiger partial charge in [0.25, 0.3) is 9.84 Å². The van der Waals surface area contributed by atoms with Crippen LogP contribution < -0.4 is 5.32 Å². The summed E-state index contributed by atoms with van der Waals surface area (Å²) >= 11 is 0. The molecule has 0 bridgehead atoms. The summed E-state index contributed by atoms with van der Waals surface area (Å²) in [6, 6.07) is 4.46. The Morgan fingerprint density at radius 3 is 2.38 bits per heavy atom. The predicted octanol–water partition coefficient (Wildman–Crippen LogP) is 2.36. The number of hydrogen-bond donors (Lipinski definition) is 2. The Morgan fingerprint density at radius 1 is 1.19 bits per heavy atom. The number of halogens is 3. The molecule has 0 aliphatic carbocycles. The normalized spacial score (nSPS) is 12.3. The summed E-state index contributed by atoms with van der Waals surface area (Å²) in [5.41, 5.74) is -3.84. The zero-order valence-electron chi connectivity index (χ0n) is 10.7. The molecular weight excluding hydrogens is 307 g/mol. The van der Waals surface area contributed by atoms with E-state index in [2.05, 4.69) is 15.3 Å². The highest BCUT2D eigenvalue weighted by molar-refractivity contribution is 7.92. The Balaban J connectivity index is 1.99. The third-order valence-corrected chi connectivity index (χ3v) is 4.25. The first-order valence-corrected chi connectivity index (χ1v) is 7.41. The van der Waals surface area contributed by atoms with Gasteiger partial charge in [0.2, 0.25) is 0 Å². The van der Waals surface area contributed by atoms with Crippen LogP contribution in [-0.4, -0.2) is 30.4 Å². The zero-order valence-corrected chi connectivity index (χ0v) is 11.5. The highest BCUT2D eigenvalue weighted by Gasteiger charge is 2.46. The summed E-state index contributed by atoms with van der Waals surface area (Å²) in [7, 11) is -5.29. The molecule has 1 heterocycles. The molecule has 2 N–H and O–H groups in total. The number of hydrogen-bond acceptors (Lipinski definition) is 4. The predicted molar refractivity (Wildman–Crippen MR) is 70.5 cm³/mol. The first-order valence-electron chi connectivity index (χ1n) is 5.93. The standard InChI is InChI=1S/C12H12F3N3O2S/c13-12(14,15)21(19,20)11-3-1-9(2-4-11)17-6-5-10-7-16-8-18-10/h1-4,7-8,17H,5-6H2,(H,16,18). The second kappa shape index (κ2) is 5.76. The van der Waals surface area contributed by atoms with Gasteiger partial charge in [-0.15, -0.1) is 0 Å². The van der Waals surface area contributed by atoms with Crippen LogP contribution in [0, 0.1) is 0 Å². The van der Waals surface area contributed by atoms with Crippen LogP contribution >= 0.6 is 0 Å². The maximum atomic E-state index is 12.4. The average molecular weight is 319 g/mol. The Kier molecular flexibility index (Phi) is 4.21. The van der Waals surface area contributed by atoms with E-state index in [0.29, 0.717) is 18.7 Å². The van der Waals surface area contributed by atoms with Crippen molar-refractivity contribution >= 4 is 15.5 Å². The highest BCUT2D eigenvalue weighted by Crippen LogP contribution is 2.30. The lowest BCUT2D eigenvalue weighted by Gasteiger charge is -2.09. The van der Waals surface area contributed by atoms with E-state index in [1.165, 1.54) is 12.1 Å². The minimum Gasteiger partial charge on any atom is -0.385 e. The molecule has 0 saturated heterocycles. The fourth-order valence-corrected chi connectivity index (χ4v) is 2.41. The summed E-state index contributed by atoms with van der Waals surface area (Å²) in [5.74, 6) is 0. The van der Waals surface area contributed by atoms with E-state index < -0.39 is 20.2 Å². The molecule has 114 valence electrons. The number of aromatic amines is 1. The quantitative estimate of drug-likeness (QED) is 0.887. The van der Waals surface area contributed by atoms with Crippen molar-refractivity contribution in [1.29, 1.82) is 0 Å². The fraction of sp³-hybridized carbons (Fsp3) is 0.250. The van der Waals surface area contributed by atoms with Crippen molar-refractivity contribution in [1.82, 2.24) is 9.97 Å². The highest BCUT2D eigenvalue weighted by atomic mass is 32.2. The molecule has 1 aromatic carbocycles. The monoisotopic (exact) mass is 319 g/mol. The molecule has 2 aromatic rings. The molecule has 1 aromatic heterocycles. The SMILES string of the molecule is O=S(=O)(c1ccc(NCCc2cnc[nH]2)cc1)C(F)(F)F. The van der Waals surface area contributed by atoms with Gasteiger partial charge in [0.1, 0.15) is 0 Å². The smallest absolute Gasteiger partial charge is 0.385 e. The molecule has 0 aliphatic heterocycles. The molecule has 5 nitrogen and oxygen atoms in total. The van der Waals surface area contributed by atoms with E-state index >= 15 is 0 Å². The number of benzene rings is 1. The first-order chi connectivity index (χ1) is 9.80. The van der Waals surface area contributed by atoms with Crippen LogP contribution in [0.5, 0.6) is 0 Å². The molecule has 2 rings (SSSR count). The number of nitrogens with zero attached hydrogens (tertiary/aromatic N) is 1. The minimum atomic E-state index is -5.29. The zero-order chi connectivity index (χ0) is 15.5. The second-order valence-electron chi connectivity index (χ2n) is 4.23. The number of anilines is 1. The largest absolute Gasteiger partial charge is 0.501 e. The molecule has 0 saturated carbocycles. The van der Waals surface area contributed by atoms with E-state index in [-0.39, 0.29) is 0 Å². The van der Waals surface area contributed by atoms with Crippen molar-refractivity contribution in [2.24, 2.45) is 0 Å². The third kappa shape index (κ3) is 3.54. The Morgan fingerprint density at radius 2 is 1.86 bits per heavy atom. The summed E-state index contributed by atoms with van der Waals surface area (Å²) in [6.07, 6.45) is 3.87. The van der Waals surface area contributed by atoms with Gasteiger partial charge in [0.15, 0.2) is 0 Å². The summed E-state index contributed by atoms with van der Waals surface area (Å²) < 4.78 is 59.5. The number of aromatic nitrogens is 2. The molecule has 0 unspecified atom stereocenters. The molecule has 9 heteroatoms. The Hall–Kier alpha value is -2.03. The van der Waals surface area contributed by atoms with Crippen LogP contribution in [0.1, 0.15) is 5.69 Å². The van der Waals surface area contributed by atoms with Crippen molar-refractivity contribution < 1.29 is 21.6 Å². The van der Waals surface area contributed by atoms with Crippen LogP contribution in [0.4, 0.5) is 18.9 Å². The van der Waals surface area contributed by atoms with Crippen LogP contribution in [-0.2, 0) is 16.3 Å². The van der Waals surface area contributed by atoms with Gasteiger partial charge in [0.05, 0.1) is 11.2 Å². The van der Waals surface area contributed by atoms with E-state index in [0.717, 1.165) is 17.8 Å². The van der Waals surface area contributed by atoms with Gasteiger partial charge in [-0.2, -0.15) is 13.2 Å². The number of sulfone groups is 1. The van der Waals surface area contributed by atoms with E-state index in [1.807, 2.05) is 0 Å². The number of rotatable bonds is 5. The maximum Gasteiger partial charge on any atom is 0.501 e. The van der Waals surface area contributed by atoms with Gasteiger partial charge in [-0.1, -0.05) is 0 Å². The van der Waals surface area contributed by atoms with Crippen LogP contribution in [0.15, 0.2) is 41.7 Å². The Labute approximate surface area is 119 Å². The van der Waals surface area contributed by atoms with Crippen LogP contribution in [0.25, 0.3) is 0 Å². The lowest BCUT2D eigenvalue weighted by Crippen LogP contribution is -2.23. The van der Waals surface area contributed by atoms with Gasteiger partial charge in [-0.3, -0.25) is 0 Å². The topological polar surface area (TPSA) is 74.8 Å². The van der Waals surface area contributed by atoms with Crippen LogP contribution in [0.3, 0.4) is 0 Å². The maximum absolute atomic E-state index is 12.4. The minimum absolute atomic E-state index is 0.535. The van der Waals surface area contributed by atoms with Gasteiger partial charge in [-0.25, -0.2) is 13.4 Å². The molecule has 21 heavy (non-hydrogen) atoms. The molecule has 0 fully saturated rings. The number of H-pyrrole nitrogens is 1. The number of imidazole rings is 1. The molecule has 0 spiro atoms. The summed E-state index contributed by atoms with van der Waals surface area (Å²) in [4.78, 5) is 6.00. The van der Waals surface area contributed by atoms with Crippen molar-refractivity contribution in [2.75, 3.05) is 11.9 Å². The van der Waals surface area contributed by atoms with Crippen LogP contribution in [0.2, 0.25) is 0 Å². The fourth-order valence-electron chi connectivity index (χ4n) is 1.65. The molecular formula is C12H12F3N3O2S. The molecule has 0 radical (unpaired) electrons. The number of nitrogens with one attached hydrogen (secondary N) is 2. The molecule has 0 amide bonds. The summed E-state index contributed by atoms with van der Waals surface area (Å²) in [6.45, 7) is 0.535.